The molecule has 0 aliphatic heterocycles. The van der Waals surface area contributed by atoms with Crippen molar-refractivity contribution in [2.75, 3.05) is 17.1 Å². The summed E-state index contributed by atoms with van der Waals surface area (Å²) in [4.78, 5) is 24.7. The van der Waals surface area contributed by atoms with Crippen molar-refractivity contribution in [2.24, 2.45) is 0 Å². The normalized spacial score (nSPS) is 10.9. The van der Waals surface area contributed by atoms with Crippen molar-refractivity contribution < 1.29 is 22.7 Å². The van der Waals surface area contributed by atoms with Gasteiger partial charge in [0.25, 0.3) is 15.9 Å². The van der Waals surface area contributed by atoms with Crippen molar-refractivity contribution in [3.05, 3.63) is 88.4 Å². The third kappa shape index (κ3) is 5.04. The Kier molecular flexibility index (Phi) is 6.62. The quantitative estimate of drug-likeness (QED) is 0.530. The monoisotopic (exact) mass is 458 g/mol. The van der Waals surface area contributed by atoms with E-state index in [1.54, 1.807) is 49.4 Å². The molecule has 0 fully saturated rings. The van der Waals surface area contributed by atoms with Crippen molar-refractivity contribution in [1.29, 1.82) is 0 Å². The molecule has 0 radical (unpaired) electrons. The Labute approximate surface area is 185 Å². The summed E-state index contributed by atoms with van der Waals surface area (Å²) in [5.41, 5.74) is 1.44. The number of carbonyl (C=O) groups excluding carboxylic acids is 2. The highest BCUT2D eigenvalue weighted by atomic mass is 35.5. The van der Waals surface area contributed by atoms with Gasteiger partial charge in [-0.25, -0.2) is 13.2 Å². The zero-order valence-electron chi connectivity index (χ0n) is 16.7. The Morgan fingerprint density at radius 3 is 2.32 bits per heavy atom. The highest BCUT2D eigenvalue weighted by Crippen LogP contribution is 2.25. The van der Waals surface area contributed by atoms with E-state index in [1.165, 1.54) is 31.4 Å². The van der Waals surface area contributed by atoms with Gasteiger partial charge in [-0.1, -0.05) is 35.9 Å². The zero-order chi connectivity index (χ0) is 22.6. The Bertz CT molecular complexity index is 1240. The van der Waals surface area contributed by atoms with Gasteiger partial charge in [0.15, 0.2) is 0 Å². The Morgan fingerprint density at radius 2 is 1.65 bits per heavy atom. The molecule has 7 nitrogen and oxygen atoms in total. The summed E-state index contributed by atoms with van der Waals surface area (Å²) in [6.07, 6.45) is 0. The lowest BCUT2D eigenvalue weighted by molar-refractivity contribution is 0.0600. The maximum atomic E-state index is 12.8. The molecule has 0 saturated heterocycles. The average molecular weight is 459 g/mol. The smallest absolute Gasteiger partial charge is 0.339 e. The van der Waals surface area contributed by atoms with E-state index in [0.29, 0.717) is 11.3 Å². The van der Waals surface area contributed by atoms with Crippen molar-refractivity contribution in [3.63, 3.8) is 0 Å². The average Bonchev–Trinajstić information content (AvgIpc) is 2.76. The molecule has 3 aromatic carbocycles. The minimum atomic E-state index is -3.81. The number of hydrogen-bond acceptors (Lipinski definition) is 5. The molecule has 160 valence electrons. The van der Waals surface area contributed by atoms with Gasteiger partial charge in [-0.3, -0.25) is 9.52 Å². The van der Waals surface area contributed by atoms with Crippen LogP contribution in [0.4, 0.5) is 11.4 Å². The van der Waals surface area contributed by atoms with E-state index in [4.69, 9.17) is 11.6 Å². The van der Waals surface area contributed by atoms with Gasteiger partial charge in [-0.2, -0.15) is 0 Å². The molecule has 0 aliphatic carbocycles. The number of sulfonamides is 1. The van der Waals surface area contributed by atoms with Crippen LogP contribution in [0.15, 0.2) is 71.6 Å². The number of nitrogens with one attached hydrogen (secondary N) is 2. The molecule has 0 aliphatic rings. The van der Waals surface area contributed by atoms with Crippen molar-refractivity contribution in [2.45, 2.75) is 11.8 Å². The van der Waals surface area contributed by atoms with Gasteiger partial charge in [0, 0.05) is 11.3 Å². The van der Waals surface area contributed by atoms with E-state index in [1.807, 2.05) is 0 Å². The summed E-state index contributed by atoms with van der Waals surface area (Å²) in [5, 5.41) is 2.88. The van der Waals surface area contributed by atoms with Crippen LogP contribution in [0.5, 0.6) is 0 Å². The van der Waals surface area contributed by atoms with Crippen LogP contribution in [0.3, 0.4) is 0 Å². The number of carbonyl (C=O) groups is 2. The topological polar surface area (TPSA) is 102 Å². The Morgan fingerprint density at radius 1 is 0.935 bits per heavy atom. The van der Waals surface area contributed by atoms with Crippen LogP contribution >= 0.6 is 11.6 Å². The van der Waals surface area contributed by atoms with Crippen LogP contribution in [-0.4, -0.2) is 27.4 Å². The van der Waals surface area contributed by atoms with Gasteiger partial charge in [0.1, 0.15) is 0 Å². The van der Waals surface area contributed by atoms with Gasteiger partial charge in [-0.15, -0.1) is 0 Å². The fraction of sp³-hybridized carbons (Fsp3) is 0.0909. The number of methoxy groups -OCH3 is 1. The van der Waals surface area contributed by atoms with E-state index in [-0.39, 0.29) is 26.7 Å². The van der Waals surface area contributed by atoms with Crippen molar-refractivity contribution in [3.8, 4) is 0 Å². The standard InChI is InChI=1S/C22H19ClN2O5S/c1-14-17(21(26)24-15-11-12-19(23)18(13-15)22(27)30-2)9-6-10-20(14)25-31(28,29)16-7-4-3-5-8-16/h3-13,25H,1-2H3,(H,24,26). The van der Waals surface area contributed by atoms with E-state index < -0.39 is 21.9 Å². The molecule has 0 spiro atoms. The van der Waals surface area contributed by atoms with E-state index in [2.05, 4.69) is 14.8 Å². The second-order valence-electron chi connectivity index (χ2n) is 6.54. The molecule has 9 heteroatoms. The van der Waals surface area contributed by atoms with Crippen molar-refractivity contribution in [1.82, 2.24) is 0 Å². The van der Waals surface area contributed by atoms with E-state index in [0.717, 1.165) is 0 Å². The minimum Gasteiger partial charge on any atom is -0.465 e. The lowest BCUT2D eigenvalue weighted by Crippen LogP contribution is -2.17. The highest BCUT2D eigenvalue weighted by Gasteiger charge is 2.19. The second kappa shape index (κ2) is 9.20. The second-order valence-corrected chi connectivity index (χ2v) is 8.63. The molecule has 3 aromatic rings. The van der Waals surface area contributed by atoms with Gasteiger partial charge in [0.05, 0.1) is 28.3 Å². The summed E-state index contributed by atoms with van der Waals surface area (Å²) in [6, 6.07) is 17.1. The summed E-state index contributed by atoms with van der Waals surface area (Å²) in [7, 11) is -2.58. The SMILES string of the molecule is COC(=O)c1cc(NC(=O)c2cccc(NS(=O)(=O)c3ccccc3)c2C)ccc1Cl. The summed E-state index contributed by atoms with van der Waals surface area (Å²) in [6.45, 7) is 1.64. The summed E-state index contributed by atoms with van der Waals surface area (Å²) in [5.74, 6) is -1.11. The van der Waals surface area contributed by atoms with Crippen LogP contribution in [-0.2, 0) is 14.8 Å². The lowest BCUT2D eigenvalue weighted by atomic mass is 10.1. The molecule has 2 N–H and O–H groups in total. The van der Waals surface area contributed by atoms with E-state index in [9.17, 15) is 18.0 Å². The maximum absolute atomic E-state index is 12.8. The largest absolute Gasteiger partial charge is 0.465 e. The number of halogens is 1. The molecule has 0 heterocycles. The molecule has 0 atom stereocenters. The first-order valence-corrected chi connectivity index (χ1v) is 11.0. The fourth-order valence-electron chi connectivity index (χ4n) is 2.86. The number of benzene rings is 3. The molecule has 0 bridgehead atoms. The van der Waals surface area contributed by atoms with Crippen LogP contribution in [0, 0.1) is 6.92 Å². The third-order valence-electron chi connectivity index (χ3n) is 4.51. The zero-order valence-corrected chi connectivity index (χ0v) is 18.3. The molecule has 3 rings (SSSR count). The molecule has 1 amide bonds. The van der Waals surface area contributed by atoms with Gasteiger partial charge in [0.2, 0.25) is 0 Å². The molecular weight excluding hydrogens is 440 g/mol. The Hall–Kier alpha value is -3.36. The molecule has 0 aromatic heterocycles. The number of esters is 1. The number of rotatable bonds is 6. The number of ether oxygens (including phenoxy) is 1. The predicted molar refractivity (Wildman–Crippen MR) is 119 cm³/mol. The lowest BCUT2D eigenvalue weighted by Gasteiger charge is -2.14. The first kappa shape index (κ1) is 22.3. The van der Waals surface area contributed by atoms with Crippen LogP contribution in [0.2, 0.25) is 5.02 Å². The van der Waals surface area contributed by atoms with Gasteiger partial charge >= 0.3 is 5.97 Å². The number of hydrogen-bond donors (Lipinski definition) is 2. The van der Waals surface area contributed by atoms with E-state index >= 15 is 0 Å². The molecule has 0 unspecified atom stereocenters. The first-order valence-electron chi connectivity index (χ1n) is 9.09. The molecule has 0 saturated carbocycles. The van der Waals surface area contributed by atoms with Crippen LogP contribution in [0.1, 0.15) is 26.3 Å². The van der Waals surface area contributed by atoms with Crippen LogP contribution in [0.25, 0.3) is 0 Å². The van der Waals surface area contributed by atoms with Gasteiger partial charge < -0.3 is 10.1 Å². The minimum absolute atomic E-state index is 0.112. The molecule has 31 heavy (non-hydrogen) atoms. The Balaban J connectivity index is 1.86. The van der Waals surface area contributed by atoms with Gasteiger partial charge in [-0.05, 0) is 55.0 Å². The third-order valence-corrected chi connectivity index (χ3v) is 6.22. The fourth-order valence-corrected chi connectivity index (χ4v) is 4.20. The van der Waals surface area contributed by atoms with Crippen LogP contribution < -0.4 is 10.0 Å². The number of anilines is 2. The predicted octanol–water partition coefficient (Wildman–Crippen LogP) is 4.49. The maximum Gasteiger partial charge on any atom is 0.339 e. The number of amides is 1. The highest BCUT2D eigenvalue weighted by molar-refractivity contribution is 7.92. The molecular formula is C22H19ClN2O5S. The first-order chi connectivity index (χ1) is 14.7. The van der Waals surface area contributed by atoms with Crippen molar-refractivity contribution >= 4 is 44.9 Å². The summed E-state index contributed by atoms with van der Waals surface area (Å²) < 4.78 is 32.4. The summed E-state index contributed by atoms with van der Waals surface area (Å²) >= 11 is 6.00.